The van der Waals surface area contributed by atoms with Gasteiger partial charge in [-0.25, -0.2) is 4.39 Å². The molecule has 0 saturated carbocycles. The number of piperazine rings is 1. The zero-order chi connectivity index (χ0) is 15.5. The second-order valence-corrected chi connectivity index (χ2v) is 6.71. The maximum atomic E-state index is 13.0. The van der Waals surface area contributed by atoms with Crippen LogP contribution in [0.15, 0.2) is 24.3 Å². The molecule has 1 N–H and O–H groups in total. The highest BCUT2D eigenvalue weighted by Crippen LogP contribution is 2.24. The number of nitrogens with one attached hydrogen (secondary N) is 1. The highest BCUT2D eigenvalue weighted by atomic mass is 19.1. The summed E-state index contributed by atoms with van der Waals surface area (Å²) in [6.07, 6.45) is 3.29. The van der Waals surface area contributed by atoms with Crippen molar-refractivity contribution in [1.82, 2.24) is 10.2 Å². The summed E-state index contributed by atoms with van der Waals surface area (Å²) in [4.78, 5) is 2.64. The zero-order valence-corrected chi connectivity index (χ0v) is 13.8. The van der Waals surface area contributed by atoms with Gasteiger partial charge in [0.2, 0.25) is 0 Å². The smallest absolute Gasteiger partial charge is 0.123 e. The van der Waals surface area contributed by atoms with Crippen LogP contribution < -0.4 is 5.32 Å². The SMILES string of the molecule is CCC1CNC(C)(CC)CN1C(C)Cc1ccc(F)cc1. The van der Waals surface area contributed by atoms with Crippen LogP contribution in [0.5, 0.6) is 0 Å². The van der Waals surface area contributed by atoms with Crippen LogP contribution in [0.25, 0.3) is 0 Å². The van der Waals surface area contributed by atoms with E-state index >= 15 is 0 Å². The Balaban J connectivity index is 2.06. The number of hydrogen-bond donors (Lipinski definition) is 1. The quantitative estimate of drug-likeness (QED) is 0.892. The molecule has 1 heterocycles. The standard InChI is InChI=1S/C18H29FN2/c1-5-17-12-20-18(4,6-2)13-21(17)14(3)11-15-7-9-16(19)10-8-15/h7-10,14,17,20H,5-6,11-13H2,1-4H3. The molecule has 1 aliphatic heterocycles. The number of rotatable bonds is 5. The summed E-state index contributed by atoms with van der Waals surface area (Å²) in [6.45, 7) is 11.3. The fraction of sp³-hybridized carbons (Fsp3) is 0.667. The van der Waals surface area contributed by atoms with Gasteiger partial charge in [-0.1, -0.05) is 26.0 Å². The van der Waals surface area contributed by atoms with E-state index in [1.807, 2.05) is 12.1 Å². The first-order chi connectivity index (χ1) is 9.97. The molecule has 1 aromatic rings. The molecule has 118 valence electrons. The van der Waals surface area contributed by atoms with Crippen molar-refractivity contribution in [3.8, 4) is 0 Å². The van der Waals surface area contributed by atoms with E-state index in [4.69, 9.17) is 0 Å². The maximum absolute atomic E-state index is 13.0. The molecule has 1 aromatic carbocycles. The van der Waals surface area contributed by atoms with E-state index in [2.05, 4.69) is 37.9 Å². The van der Waals surface area contributed by atoms with Gasteiger partial charge in [0, 0.05) is 30.7 Å². The molecule has 21 heavy (non-hydrogen) atoms. The Morgan fingerprint density at radius 2 is 2.00 bits per heavy atom. The molecule has 3 atom stereocenters. The van der Waals surface area contributed by atoms with Gasteiger partial charge in [0.15, 0.2) is 0 Å². The monoisotopic (exact) mass is 292 g/mol. The Kier molecular flexibility index (Phi) is 5.39. The van der Waals surface area contributed by atoms with Crippen LogP contribution in [0.4, 0.5) is 4.39 Å². The minimum atomic E-state index is -0.154. The van der Waals surface area contributed by atoms with E-state index in [1.54, 1.807) is 12.1 Å². The van der Waals surface area contributed by atoms with Crippen LogP contribution in [0.3, 0.4) is 0 Å². The largest absolute Gasteiger partial charge is 0.309 e. The fourth-order valence-electron chi connectivity index (χ4n) is 3.28. The zero-order valence-electron chi connectivity index (χ0n) is 13.8. The van der Waals surface area contributed by atoms with E-state index in [1.165, 1.54) is 12.0 Å². The predicted molar refractivity (Wildman–Crippen MR) is 87.0 cm³/mol. The molecular weight excluding hydrogens is 263 g/mol. The summed E-state index contributed by atoms with van der Waals surface area (Å²) >= 11 is 0. The Bertz CT molecular complexity index is 445. The average molecular weight is 292 g/mol. The van der Waals surface area contributed by atoms with Crippen molar-refractivity contribution >= 4 is 0 Å². The minimum absolute atomic E-state index is 0.154. The second-order valence-electron chi connectivity index (χ2n) is 6.71. The van der Waals surface area contributed by atoms with Crippen molar-refractivity contribution < 1.29 is 4.39 Å². The van der Waals surface area contributed by atoms with Crippen LogP contribution in [0.2, 0.25) is 0 Å². The van der Waals surface area contributed by atoms with Crippen LogP contribution >= 0.6 is 0 Å². The van der Waals surface area contributed by atoms with Gasteiger partial charge < -0.3 is 5.32 Å². The van der Waals surface area contributed by atoms with Crippen molar-refractivity contribution in [2.24, 2.45) is 0 Å². The highest BCUT2D eigenvalue weighted by molar-refractivity contribution is 5.17. The molecule has 1 fully saturated rings. The third kappa shape index (κ3) is 4.04. The molecule has 3 heteroatoms. The second kappa shape index (κ2) is 6.89. The van der Waals surface area contributed by atoms with E-state index < -0.39 is 0 Å². The first kappa shape index (κ1) is 16.4. The van der Waals surface area contributed by atoms with E-state index in [0.29, 0.717) is 12.1 Å². The molecule has 0 bridgehead atoms. The molecule has 0 aliphatic carbocycles. The van der Waals surface area contributed by atoms with E-state index in [0.717, 1.165) is 25.9 Å². The summed E-state index contributed by atoms with van der Waals surface area (Å²) in [5.74, 6) is -0.154. The summed E-state index contributed by atoms with van der Waals surface area (Å²) in [7, 11) is 0. The van der Waals surface area contributed by atoms with Gasteiger partial charge >= 0.3 is 0 Å². The van der Waals surface area contributed by atoms with Gasteiger partial charge in [0.25, 0.3) is 0 Å². The summed E-state index contributed by atoms with van der Waals surface area (Å²) in [5, 5.41) is 3.71. The summed E-state index contributed by atoms with van der Waals surface area (Å²) < 4.78 is 13.0. The van der Waals surface area contributed by atoms with Gasteiger partial charge in [0.05, 0.1) is 0 Å². The Morgan fingerprint density at radius 3 is 2.57 bits per heavy atom. The molecule has 0 spiro atoms. The molecule has 2 rings (SSSR count). The summed E-state index contributed by atoms with van der Waals surface area (Å²) in [6, 6.07) is 8.02. The van der Waals surface area contributed by atoms with Gasteiger partial charge in [-0.2, -0.15) is 0 Å². The maximum Gasteiger partial charge on any atom is 0.123 e. The molecule has 2 nitrogen and oxygen atoms in total. The predicted octanol–water partition coefficient (Wildman–Crippen LogP) is 3.61. The first-order valence-corrected chi connectivity index (χ1v) is 8.22. The van der Waals surface area contributed by atoms with Crippen LogP contribution in [-0.2, 0) is 6.42 Å². The molecule has 1 aliphatic rings. The number of hydrogen-bond acceptors (Lipinski definition) is 2. The van der Waals surface area contributed by atoms with Crippen LogP contribution in [0, 0.1) is 5.82 Å². The van der Waals surface area contributed by atoms with Gasteiger partial charge in [-0.05, 0) is 50.8 Å². The van der Waals surface area contributed by atoms with Crippen molar-refractivity contribution in [3.05, 3.63) is 35.6 Å². The van der Waals surface area contributed by atoms with Crippen molar-refractivity contribution in [2.75, 3.05) is 13.1 Å². The van der Waals surface area contributed by atoms with Gasteiger partial charge in [-0.3, -0.25) is 4.90 Å². The van der Waals surface area contributed by atoms with Crippen molar-refractivity contribution in [1.29, 1.82) is 0 Å². The van der Waals surface area contributed by atoms with Crippen molar-refractivity contribution in [2.45, 2.75) is 64.6 Å². The normalized spacial score (nSPS) is 28.5. The Morgan fingerprint density at radius 1 is 1.33 bits per heavy atom. The van der Waals surface area contributed by atoms with Crippen molar-refractivity contribution in [3.63, 3.8) is 0 Å². The minimum Gasteiger partial charge on any atom is -0.309 e. The topological polar surface area (TPSA) is 15.3 Å². The molecule has 0 radical (unpaired) electrons. The lowest BCUT2D eigenvalue weighted by Crippen LogP contribution is -2.64. The molecule has 3 unspecified atom stereocenters. The van der Waals surface area contributed by atoms with Gasteiger partial charge in [0.1, 0.15) is 5.82 Å². The molecular formula is C18H29FN2. The number of halogens is 1. The van der Waals surface area contributed by atoms with E-state index in [-0.39, 0.29) is 11.4 Å². The molecule has 0 aromatic heterocycles. The molecule has 1 saturated heterocycles. The lowest BCUT2D eigenvalue weighted by atomic mass is 9.90. The van der Waals surface area contributed by atoms with Crippen LogP contribution in [-0.4, -0.2) is 35.6 Å². The Hall–Kier alpha value is -0.930. The third-order valence-electron chi connectivity index (χ3n) is 5.03. The first-order valence-electron chi connectivity index (χ1n) is 8.22. The summed E-state index contributed by atoms with van der Waals surface area (Å²) in [5.41, 5.74) is 1.43. The average Bonchev–Trinajstić information content (AvgIpc) is 2.49. The van der Waals surface area contributed by atoms with Gasteiger partial charge in [-0.15, -0.1) is 0 Å². The third-order valence-corrected chi connectivity index (χ3v) is 5.03. The highest BCUT2D eigenvalue weighted by Gasteiger charge is 2.35. The number of nitrogens with zero attached hydrogens (tertiary/aromatic N) is 1. The number of benzene rings is 1. The van der Waals surface area contributed by atoms with E-state index in [9.17, 15) is 4.39 Å². The van der Waals surface area contributed by atoms with Crippen LogP contribution in [0.1, 0.15) is 46.1 Å². The fourth-order valence-corrected chi connectivity index (χ4v) is 3.28. The molecule has 0 amide bonds. The Labute approximate surface area is 128 Å². The lowest BCUT2D eigenvalue weighted by Gasteiger charge is -2.48. The lowest BCUT2D eigenvalue weighted by molar-refractivity contribution is 0.0499.